The van der Waals surface area contributed by atoms with E-state index < -0.39 is 0 Å². The van der Waals surface area contributed by atoms with Crippen LogP contribution in [0.2, 0.25) is 5.02 Å². The molecule has 1 atom stereocenters. The molecule has 1 heterocycles. The first-order valence-corrected chi connectivity index (χ1v) is 7.04. The van der Waals surface area contributed by atoms with E-state index in [-0.39, 0.29) is 18.4 Å². The van der Waals surface area contributed by atoms with E-state index in [1.54, 1.807) is 6.07 Å². The summed E-state index contributed by atoms with van der Waals surface area (Å²) in [6.45, 7) is 4.72. The lowest BCUT2D eigenvalue weighted by atomic mass is 10.00. The molecule has 1 aromatic carbocycles. The highest BCUT2D eigenvalue weighted by Gasteiger charge is 2.14. The van der Waals surface area contributed by atoms with E-state index in [9.17, 15) is 4.79 Å². The summed E-state index contributed by atoms with van der Waals surface area (Å²) in [6.07, 6.45) is 2.34. The van der Waals surface area contributed by atoms with Crippen molar-refractivity contribution in [3.05, 3.63) is 28.8 Å². The lowest BCUT2D eigenvalue weighted by Crippen LogP contribution is -2.39. The summed E-state index contributed by atoms with van der Waals surface area (Å²) in [6, 6.07) is 5.37. The lowest BCUT2D eigenvalue weighted by Gasteiger charge is -2.23. The van der Waals surface area contributed by atoms with E-state index in [0.29, 0.717) is 23.2 Å². The van der Waals surface area contributed by atoms with Crippen LogP contribution in [0.3, 0.4) is 0 Å². The van der Waals surface area contributed by atoms with Gasteiger partial charge in [0.05, 0.1) is 10.7 Å². The van der Waals surface area contributed by atoms with Gasteiger partial charge in [-0.25, -0.2) is 4.79 Å². The number of carbonyl (C=O) groups excluding carboxylic acids is 1. The number of amides is 2. The highest BCUT2D eigenvalue weighted by atomic mass is 35.5. The first-order valence-electron chi connectivity index (χ1n) is 6.67. The number of anilines is 1. The molecule has 0 saturated carbocycles. The highest BCUT2D eigenvalue weighted by Crippen LogP contribution is 2.22. The van der Waals surface area contributed by atoms with Crippen molar-refractivity contribution in [2.75, 3.05) is 25.0 Å². The molecule has 0 aromatic heterocycles. The van der Waals surface area contributed by atoms with Crippen molar-refractivity contribution in [2.24, 2.45) is 5.92 Å². The summed E-state index contributed by atoms with van der Waals surface area (Å²) in [5, 5.41) is 9.57. The Hall–Kier alpha value is -0.970. The number of carbonyl (C=O) groups is 1. The first kappa shape index (κ1) is 17.1. The zero-order valence-electron chi connectivity index (χ0n) is 11.5. The van der Waals surface area contributed by atoms with Crippen LogP contribution in [0.25, 0.3) is 0 Å². The number of aryl methyl sites for hydroxylation is 1. The van der Waals surface area contributed by atoms with Crippen molar-refractivity contribution in [3.63, 3.8) is 0 Å². The predicted octanol–water partition coefficient (Wildman–Crippen LogP) is 3.19. The topological polar surface area (TPSA) is 53.2 Å². The van der Waals surface area contributed by atoms with Crippen molar-refractivity contribution in [3.8, 4) is 0 Å². The Labute approximate surface area is 131 Å². The average molecular weight is 318 g/mol. The summed E-state index contributed by atoms with van der Waals surface area (Å²) < 4.78 is 0. The van der Waals surface area contributed by atoms with E-state index in [1.807, 2.05) is 19.1 Å². The molecule has 1 aliphatic heterocycles. The van der Waals surface area contributed by atoms with Gasteiger partial charge in [0.15, 0.2) is 0 Å². The average Bonchev–Trinajstić information content (AvgIpc) is 2.42. The molecule has 1 aliphatic rings. The molecule has 112 valence electrons. The zero-order chi connectivity index (χ0) is 13.7. The molecule has 1 fully saturated rings. The SMILES string of the molecule is Cc1ccc(Cl)c(NC(=O)NC[C@H]2CCCNC2)c1.Cl. The first-order chi connectivity index (χ1) is 9.15. The number of piperidine rings is 1. The second kappa shape index (κ2) is 8.35. The van der Waals surface area contributed by atoms with Gasteiger partial charge in [0.25, 0.3) is 0 Å². The molecule has 1 saturated heterocycles. The van der Waals surface area contributed by atoms with Crippen LogP contribution in [-0.4, -0.2) is 25.7 Å². The maximum Gasteiger partial charge on any atom is 0.319 e. The van der Waals surface area contributed by atoms with Crippen molar-refractivity contribution in [1.82, 2.24) is 10.6 Å². The molecule has 4 nitrogen and oxygen atoms in total. The van der Waals surface area contributed by atoms with Gasteiger partial charge in [-0.1, -0.05) is 17.7 Å². The number of benzene rings is 1. The van der Waals surface area contributed by atoms with Crippen LogP contribution in [0.5, 0.6) is 0 Å². The Morgan fingerprint density at radius 1 is 1.50 bits per heavy atom. The molecule has 20 heavy (non-hydrogen) atoms. The Bertz CT molecular complexity index is 448. The van der Waals surface area contributed by atoms with E-state index in [4.69, 9.17) is 11.6 Å². The van der Waals surface area contributed by atoms with Gasteiger partial charge >= 0.3 is 6.03 Å². The maximum absolute atomic E-state index is 11.8. The molecule has 0 aliphatic carbocycles. The van der Waals surface area contributed by atoms with Gasteiger partial charge in [-0.3, -0.25) is 0 Å². The lowest BCUT2D eigenvalue weighted by molar-refractivity contribution is 0.248. The largest absolute Gasteiger partial charge is 0.338 e. The fourth-order valence-corrected chi connectivity index (χ4v) is 2.40. The Balaban J connectivity index is 0.00000200. The number of hydrogen-bond acceptors (Lipinski definition) is 2. The van der Waals surface area contributed by atoms with Gasteiger partial charge in [0.1, 0.15) is 0 Å². The maximum atomic E-state index is 11.8. The molecule has 3 N–H and O–H groups in total. The van der Waals surface area contributed by atoms with Crippen molar-refractivity contribution in [2.45, 2.75) is 19.8 Å². The fraction of sp³-hybridized carbons (Fsp3) is 0.500. The Kier molecular flexibility index (Phi) is 7.13. The summed E-state index contributed by atoms with van der Waals surface area (Å²) in [4.78, 5) is 11.8. The second-order valence-electron chi connectivity index (χ2n) is 5.03. The normalized spacial score (nSPS) is 18.0. The van der Waals surface area contributed by atoms with Crippen LogP contribution in [0.15, 0.2) is 18.2 Å². The number of rotatable bonds is 3. The van der Waals surface area contributed by atoms with Gasteiger partial charge in [0.2, 0.25) is 0 Å². The molecule has 0 radical (unpaired) electrons. The highest BCUT2D eigenvalue weighted by molar-refractivity contribution is 6.33. The molecule has 0 bridgehead atoms. The molecular formula is C14H21Cl2N3O. The van der Waals surface area contributed by atoms with E-state index in [0.717, 1.165) is 18.7 Å². The fourth-order valence-electron chi connectivity index (χ4n) is 2.24. The summed E-state index contributed by atoms with van der Waals surface area (Å²) >= 11 is 6.04. The predicted molar refractivity (Wildman–Crippen MR) is 86.1 cm³/mol. The minimum atomic E-state index is -0.196. The van der Waals surface area contributed by atoms with Crippen molar-refractivity contribution in [1.29, 1.82) is 0 Å². The van der Waals surface area contributed by atoms with Gasteiger partial charge in [-0.2, -0.15) is 0 Å². The van der Waals surface area contributed by atoms with Crippen molar-refractivity contribution >= 4 is 35.7 Å². The third-order valence-corrected chi connectivity index (χ3v) is 3.65. The molecule has 0 unspecified atom stereocenters. The van der Waals surface area contributed by atoms with Crippen LogP contribution >= 0.6 is 24.0 Å². The third kappa shape index (κ3) is 5.19. The van der Waals surface area contributed by atoms with Gasteiger partial charge in [-0.15, -0.1) is 12.4 Å². The number of urea groups is 1. The summed E-state index contributed by atoms with van der Waals surface area (Å²) in [5.74, 6) is 0.521. The third-order valence-electron chi connectivity index (χ3n) is 3.32. The standard InChI is InChI=1S/C14H20ClN3O.ClH/c1-10-4-5-12(15)13(7-10)18-14(19)17-9-11-3-2-6-16-8-11;/h4-5,7,11,16H,2-3,6,8-9H2,1H3,(H2,17,18,19);1H/t11-;/m0./s1. The second-order valence-corrected chi connectivity index (χ2v) is 5.44. The van der Waals surface area contributed by atoms with Gasteiger partial charge in [-0.05, 0) is 56.5 Å². The Morgan fingerprint density at radius 2 is 2.30 bits per heavy atom. The number of halogens is 2. The van der Waals surface area contributed by atoms with E-state index in [1.165, 1.54) is 12.8 Å². The van der Waals surface area contributed by atoms with Crippen LogP contribution in [0.1, 0.15) is 18.4 Å². The van der Waals surface area contributed by atoms with Crippen molar-refractivity contribution < 1.29 is 4.79 Å². The van der Waals surface area contributed by atoms with Crippen LogP contribution in [0, 0.1) is 12.8 Å². The van der Waals surface area contributed by atoms with Gasteiger partial charge < -0.3 is 16.0 Å². The molecule has 1 aromatic rings. The summed E-state index contributed by atoms with van der Waals surface area (Å²) in [7, 11) is 0. The van der Waals surface area contributed by atoms with Gasteiger partial charge in [0, 0.05) is 6.54 Å². The van der Waals surface area contributed by atoms with E-state index >= 15 is 0 Å². The molecular weight excluding hydrogens is 297 g/mol. The smallest absolute Gasteiger partial charge is 0.319 e. The number of hydrogen-bond donors (Lipinski definition) is 3. The monoisotopic (exact) mass is 317 g/mol. The quantitative estimate of drug-likeness (QED) is 0.802. The van der Waals surface area contributed by atoms with Crippen LogP contribution < -0.4 is 16.0 Å². The molecule has 2 rings (SSSR count). The van der Waals surface area contributed by atoms with Crippen LogP contribution in [0.4, 0.5) is 10.5 Å². The zero-order valence-corrected chi connectivity index (χ0v) is 13.1. The van der Waals surface area contributed by atoms with Crippen LogP contribution in [-0.2, 0) is 0 Å². The summed E-state index contributed by atoms with van der Waals surface area (Å²) in [5.41, 5.74) is 1.72. The Morgan fingerprint density at radius 3 is 3.00 bits per heavy atom. The minimum Gasteiger partial charge on any atom is -0.338 e. The van der Waals surface area contributed by atoms with E-state index in [2.05, 4.69) is 16.0 Å². The molecule has 2 amide bonds. The molecule has 0 spiro atoms. The minimum absolute atomic E-state index is 0. The number of nitrogens with one attached hydrogen (secondary N) is 3. The molecule has 6 heteroatoms.